The summed E-state index contributed by atoms with van der Waals surface area (Å²) in [6.07, 6.45) is 1.03. The summed E-state index contributed by atoms with van der Waals surface area (Å²) >= 11 is 3.26. The SMILES string of the molecule is COC(=O)NNc1cc(Br)ccn1. The highest BCUT2D eigenvalue weighted by atomic mass is 79.9. The van der Waals surface area contributed by atoms with E-state index in [1.807, 2.05) is 0 Å². The summed E-state index contributed by atoms with van der Waals surface area (Å²) in [7, 11) is 1.28. The molecule has 0 fully saturated rings. The standard InChI is InChI=1S/C7H8BrN3O2/c1-13-7(12)11-10-6-4-5(8)2-3-9-6/h2-4H,1H3,(H,9,10)(H,11,12). The molecule has 13 heavy (non-hydrogen) atoms. The van der Waals surface area contributed by atoms with Crippen LogP contribution < -0.4 is 10.9 Å². The Balaban J connectivity index is 2.50. The molecule has 1 heterocycles. The molecule has 2 N–H and O–H groups in total. The summed E-state index contributed by atoms with van der Waals surface area (Å²) in [6, 6.07) is 3.50. The van der Waals surface area contributed by atoms with Crippen LogP contribution in [0.4, 0.5) is 10.6 Å². The van der Waals surface area contributed by atoms with Crippen molar-refractivity contribution in [2.75, 3.05) is 12.5 Å². The molecular formula is C7H8BrN3O2. The first-order valence-electron chi connectivity index (χ1n) is 3.44. The van der Waals surface area contributed by atoms with Crippen LogP contribution in [0.5, 0.6) is 0 Å². The third-order valence-corrected chi connectivity index (χ3v) is 1.69. The fraction of sp³-hybridized carbons (Fsp3) is 0.143. The average molecular weight is 246 g/mol. The number of halogens is 1. The third-order valence-electron chi connectivity index (χ3n) is 1.20. The molecule has 70 valence electrons. The number of carbonyl (C=O) groups is 1. The Bertz CT molecular complexity index is 306. The number of carbonyl (C=O) groups excluding carboxylic acids is 1. The van der Waals surface area contributed by atoms with E-state index >= 15 is 0 Å². The molecule has 0 saturated heterocycles. The zero-order valence-corrected chi connectivity index (χ0v) is 8.46. The lowest BCUT2D eigenvalue weighted by molar-refractivity contribution is 0.173. The minimum absolute atomic E-state index is 0.528. The van der Waals surface area contributed by atoms with E-state index in [4.69, 9.17) is 0 Å². The van der Waals surface area contributed by atoms with Crippen molar-refractivity contribution in [3.63, 3.8) is 0 Å². The Morgan fingerprint density at radius 2 is 2.46 bits per heavy atom. The summed E-state index contributed by atoms with van der Waals surface area (Å²) in [5.41, 5.74) is 4.85. The van der Waals surface area contributed by atoms with Gasteiger partial charge in [-0.2, -0.15) is 0 Å². The van der Waals surface area contributed by atoms with Crippen LogP contribution in [-0.2, 0) is 4.74 Å². The number of ether oxygens (including phenoxy) is 1. The van der Waals surface area contributed by atoms with E-state index in [1.54, 1.807) is 18.3 Å². The van der Waals surface area contributed by atoms with Crippen molar-refractivity contribution in [2.45, 2.75) is 0 Å². The van der Waals surface area contributed by atoms with Crippen LogP contribution in [0, 0.1) is 0 Å². The Morgan fingerprint density at radius 3 is 3.08 bits per heavy atom. The molecule has 0 aromatic carbocycles. The average Bonchev–Trinajstić information content (AvgIpc) is 2.14. The van der Waals surface area contributed by atoms with Gasteiger partial charge in [-0.25, -0.2) is 15.2 Å². The summed E-state index contributed by atoms with van der Waals surface area (Å²) < 4.78 is 5.22. The molecule has 0 aliphatic heterocycles. The van der Waals surface area contributed by atoms with E-state index in [-0.39, 0.29) is 0 Å². The van der Waals surface area contributed by atoms with Gasteiger partial charge in [0.1, 0.15) is 5.82 Å². The van der Waals surface area contributed by atoms with Gasteiger partial charge in [0.05, 0.1) is 7.11 Å². The minimum atomic E-state index is -0.568. The Hall–Kier alpha value is -1.30. The van der Waals surface area contributed by atoms with Crippen LogP contribution in [0.1, 0.15) is 0 Å². The van der Waals surface area contributed by atoms with Gasteiger partial charge in [0.15, 0.2) is 0 Å². The van der Waals surface area contributed by atoms with E-state index in [9.17, 15) is 4.79 Å². The molecule has 0 bridgehead atoms. The van der Waals surface area contributed by atoms with Crippen LogP contribution >= 0.6 is 15.9 Å². The smallest absolute Gasteiger partial charge is 0.425 e. The van der Waals surface area contributed by atoms with Gasteiger partial charge in [-0.1, -0.05) is 15.9 Å². The largest absolute Gasteiger partial charge is 0.452 e. The molecule has 0 aliphatic carbocycles. The van der Waals surface area contributed by atoms with Crippen LogP contribution in [0.15, 0.2) is 22.8 Å². The molecule has 6 heteroatoms. The molecular weight excluding hydrogens is 238 g/mol. The number of hydrazine groups is 1. The fourth-order valence-corrected chi connectivity index (χ4v) is 0.974. The Morgan fingerprint density at radius 1 is 1.69 bits per heavy atom. The van der Waals surface area contributed by atoms with Crippen LogP contribution in [0.3, 0.4) is 0 Å². The van der Waals surface area contributed by atoms with E-state index in [0.717, 1.165) is 4.47 Å². The second-order valence-corrected chi connectivity index (χ2v) is 3.02. The maximum Gasteiger partial charge on any atom is 0.425 e. The Kier molecular flexibility index (Phi) is 3.51. The van der Waals surface area contributed by atoms with Gasteiger partial charge in [0.25, 0.3) is 0 Å². The normalized spacial score (nSPS) is 9.08. The fourth-order valence-electron chi connectivity index (χ4n) is 0.639. The highest BCUT2D eigenvalue weighted by molar-refractivity contribution is 9.10. The molecule has 1 aromatic heterocycles. The van der Waals surface area contributed by atoms with Crippen LogP contribution in [0.2, 0.25) is 0 Å². The molecule has 0 radical (unpaired) electrons. The quantitative estimate of drug-likeness (QED) is 0.776. The van der Waals surface area contributed by atoms with Crippen LogP contribution in [-0.4, -0.2) is 18.2 Å². The number of nitrogens with zero attached hydrogens (tertiary/aromatic N) is 1. The first-order chi connectivity index (χ1) is 6.22. The maximum atomic E-state index is 10.6. The van der Waals surface area contributed by atoms with Crippen molar-refractivity contribution in [2.24, 2.45) is 0 Å². The monoisotopic (exact) mass is 245 g/mol. The molecule has 0 aliphatic rings. The number of anilines is 1. The van der Waals surface area contributed by atoms with Crippen molar-refractivity contribution in [1.29, 1.82) is 0 Å². The van der Waals surface area contributed by atoms with Gasteiger partial charge >= 0.3 is 6.09 Å². The number of hydrogen-bond acceptors (Lipinski definition) is 4. The second kappa shape index (κ2) is 4.66. The topological polar surface area (TPSA) is 63.2 Å². The van der Waals surface area contributed by atoms with E-state index in [0.29, 0.717) is 5.82 Å². The molecule has 0 atom stereocenters. The molecule has 5 nitrogen and oxygen atoms in total. The molecule has 1 rings (SSSR count). The number of rotatable bonds is 2. The number of amides is 1. The maximum absolute atomic E-state index is 10.6. The number of pyridine rings is 1. The summed E-state index contributed by atoms with van der Waals surface area (Å²) in [5, 5.41) is 0. The third kappa shape index (κ3) is 3.29. The highest BCUT2D eigenvalue weighted by Crippen LogP contribution is 2.11. The lowest BCUT2D eigenvalue weighted by Crippen LogP contribution is -2.29. The Labute approximate surface area is 83.6 Å². The zero-order valence-electron chi connectivity index (χ0n) is 6.87. The summed E-state index contributed by atoms with van der Waals surface area (Å²) in [5.74, 6) is 0.528. The van der Waals surface area contributed by atoms with Crippen molar-refractivity contribution < 1.29 is 9.53 Å². The molecule has 0 spiro atoms. The number of methoxy groups -OCH3 is 1. The van der Waals surface area contributed by atoms with Gasteiger partial charge in [0, 0.05) is 10.7 Å². The molecule has 1 aromatic rings. The molecule has 1 amide bonds. The molecule has 0 saturated carbocycles. The van der Waals surface area contributed by atoms with E-state index < -0.39 is 6.09 Å². The van der Waals surface area contributed by atoms with E-state index in [2.05, 4.69) is 36.5 Å². The number of nitrogens with one attached hydrogen (secondary N) is 2. The van der Waals surface area contributed by atoms with Gasteiger partial charge in [0.2, 0.25) is 0 Å². The zero-order chi connectivity index (χ0) is 9.68. The summed E-state index contributed by atoms with van der Waals surface area (Å²) in [6.45, 7) is 0. The summed E-state index contributed by atoms with van der Waals surface area (Å²) in [4.78, 5) is 14.6. The predicted octanol–water partition coefficient (Wildman–Crippen LogP) is 1.53. The van der Waals surface area contributed by atoms with Gasteiger partial charge in [-0.05, 0) is 12.1 Å². The number of aromatic nitrogens is 1. The first kappa shape index (κ1) is 9.79. The minimum Gasteiger partial charge on any atom is -0.452 e. The van der Waals surface area contributed by atoms with Crippen molar-refractivity contribution in [1.82, 2.24) is 10.4 Å². The predicted molar refractivity (Wildman–Crippen MR) is 51.1 cm³/mol. The second-order valence-electron chi connectivity index (χ2n) is 2.10. The number of hydrogen-bond donors (Lipinski definition) is 2. The van der Waals surface area contributed by atoms with Crippen molar-refractivity contribution >= 4 is 27.8 Å². The van der Waals surface area contributed by atoms with Crippen molar-refractivity contribution in [3.05, 3.63) is 22.8 Å². The lowest BCUT2D eigenvalue weighted by Gasteiger charge is -2.05. The van der Waals surface area contributed by atoms with Crippen LogP contribution in [0.25, 0.3) is 0 Å². The lowest BCUT2D eigenvalue weighted by atomic mass is 10.5. The molecule has 0 unspecified atom stereocenters. The highest BCUT2D eigenvalue weighted by Gasteiger charge is 1.97. The van der Waals surface area contributed by atoms with Gasteiger partial charge in [-0.15, -0.1) is 0 Å². The van der Waals surface area contributed by atoms with Gasteiger partial charge in [-0.3, -0.25) is 5.43 Å². The van der Waals surface area contributed by atoms with Crippen molar-refractivity contribution in [3.8, 4) is 0 Å². The first-order valence-corrected chi connectivity index (χ1v) is 4.23. The van der Waals surface area contributed by atoms with E-state index in [1.165, 1.54) is 7.11 Å². The van der Waals surface area contributed by atoms with Gasteiger partial charge < -0.3 is 4.74 Å².